The highest BCUT2D eigenvalue weighted by atomic mass is 16.3. The fraction of sp³-hybridized carbons (Fsp3) is 0.900. The second-order valence-corrected chi connectivity index (χ2v) is 8.87. The van der Waals surface area contributed by atoms with Gasteiger partial charge in [0, 0.05) is 6.61 Å². The molecule has 0 aromatic rings. The van der Waals surface area contributed by atoms with Crippen molar-refractivity contribution in [1.82, 2.24) is 0 Å². The van der Waals surface area contributed by atoms with E-state index in [1.54, 1.807) is 5.57 Å². The summed E-state index contributed by atoms with van der Waals surface area (Å²) in [7, 11) is 0. The first-order valence-corrected chi connectivity index (χ1v) is 9.19. The standard InChI is InChI=1S/C20H36O2/c1-14(11-13-21)6-8-16-15(2)7-9-17-19(3,4)18(22)10-12-20(16,17)5/h7,14,16-18,21-22H,6,8-13H2,1-5H3/t14-,16?,17?,18-,20+/m0/s1. The molecule has 2 rings (SSSR count). The third-order valence-corrected chi connectivity index (χ3v) is 7.10. The smallest absolute Gasteiger partial charge is 0.0594 e. The molecule has 0 spiro atoms. The molecule has 2 nitrogen and oxygen atoms in total. The second-order valence-electron chi connectivity index (χ2n) is 8.87. The highest BCUT2D eigenvalue weighted by Gasteiger charge is 2.54. The Hall–Kier alpha value is -0.340. The van der Waals surface area contributed by atoms with Crippen molar-refractivity contribution in [3.63, 3.8) is 0 Å². The molecule has 2 N–H and O–H groups in total. The highest BCUT2D eigenvalue weighted by Crippen LogP contribution is 2.60. The summed E-state index contributed by atoms with van der Waals surface area (Å²) < 4.78 is 0. The van der Waals surface area contributed by atoms with Crippen molar-refractivity contribution in [2.75, 3.05) is 6.61 Å². The van der Waals surface area contributed by atoms with Gasteiger partial charge in [-0.3, -0.25) is 0 Å². The molecule has 0 aromatic carbocycles. The third kappa shape index (κ3) is 3.14. The second kappa shape index (κ2) is 6.65. The number of hydrogen-bond donors (Lipinski definition) is 2. The summed E-state index contributed by atoms with van der Waals surface area (Å²) >= 11 is 0. The van der Waals surface area contributed by atoms with Crippen molar-refractivity contribution in [1.29, 1.82) is 0 Å². The van der Waals surface area contributed by atoms with Gasteiger partial charge in [-0.15, -0.1) is 0 Å². The zero-order valence-electron chi connectivity index (χ0n) is 15.2. The van der Waals surface area contributed by atoms with Crippen molar-refractivity contribution < 1.29 is 10.2 Å². The first-order chi connectivity index (χ1) is 10.2. The van der Waals surface area contributed by atoms with Crippen LogP contribution in [0.4, 0.5) is 0 Å². The van der Waals surface area contributed by atoms with Crippen LogP contribution in [0.1, 0.15) is 73.1 Å². The molecule has 0 amide bonds. The van der Waals surface area contributed by atoms with E-state index < -0.39 is 0 Å². The maximum absolute atomic E-state index is 10.5. The summed E-state index contributed by atoms with van der Waals surface area (Å²) in [5.74, 6) is 1.81. The molecule has 0 aliphatic heterocycles. The van der Waals surface area contributed by atoms with Crippen LogP contribution in [0, 0.1) is 28.6 Å². The average molecular weight is 309 g/mol. The van der Waals surface area contributed by atoms with Gasteiger partial charge in [0.05, 0.1) is 6.10 Å². The third-order valence-electron chi connectivity index (χ3n) is 7.10. The minimum Gasteiger partial charge on any atom is -0.396 e. The number of rotatable bonds is 5. The number of fused-ring (bicyclic) bond motifs is 1. The van der Waals surface area contributed by atoms with E-state index in [1.807, 2.05) is 0 Å². The fourth-order valence-corrected chi connectivity index (χ4v) is 5.41. The Morgan fingerprint density at radius 1 is 1.27 bits per heavy atom. The van der Waals surface area contributed by atoms with Gasteiger partial charge in [0.25, 0.3) is 0 Å². The van der Waals surface area contributed by atoms with Gasteiger partial charge >= 0.3 is 0 Å². The molecule has 128 valence electrons. The van der Waals surface area contributed by atoms with E-state index in [4.69, 9.17) is 5.11 Å². The van der Waals surface area contributed by atoms with Crippen LogP contribution < -0.4 is 0 Å². The fourth-order valence-electron chi connectivity index (χ4n) is 5.41. The summed E-state index contributed by atoms with van der Waals surface area (Å²) in [6.07, 6.45) is 8.82. The van der Waals surface area contributed by atoms with Crippen molar-refractivity contribution in [2.45, 2.75) is 79.2 Å². The zero-order valence-corrected chi connectivity index (χ0v) is 15.2. The van der Waals surface area contributed by atoms with Gasteiger partial charge < -0.3 is 10.2 Å². The topological polar surface area (TPSA) is 40.5 Å². The molecule has 0 bridgehead atoms. The number of aliphatic hydroxyl groups excluding tert-OH is 2. The predicted molar refractivity (Wildman–Crippen MR) is 92.6 cm³/mol. The molecule has 5 atom stereocenters. The molecule has 2 aliphatic rings. The zero-order chi connectivity index (χ0) is 16.5. The Kier molecular flexibility index (Phi) is 5.44. The minimum absolute atomic E-state index is 0.0131. The van der Waals surface area contributed by atoms with E-state index >= 15 is 0 Å². The lowest BCUT2D eigenvalue weighted by Crippen LogP contribution is -2.54. The van der Waals surface area contributed by atoms with Crippen LogP contribution in [0.25, 0.3) is 0 Å². The van der Waals surface area contributed by atoms with Crippen molar-refractivity contribution in [2.24, 2.45) is 28.6 Å². The lowest BCUT2D eigenvalue weighted by atomic mass is 9.47. The van der Waals surface area contributed by atoms with Gasteiger partial charge in [-0.2, -0.15) is 0 Å². The first kappa shape index (κ1) is 18.0. The van der Waals surface area contributed by atoms with E-state index in [9.17, 15) is 5.11 Å². The number of aliphatic hydroxyl groups is 2. The molecule has 1 saturated carbocycles. The van der Waals surface area contributed by atoms with Crippen molar-refractivity contribution in [3.8, 4) is 0 Å². The largest absolute Gasteiger partial charge is 0.396 e. The summed E-state index contributed by atoms with van der Waals surface area (Å²) in [5.41, 5.74) is 1.89. The highest BCUT2D eigenvalue weighted by molar-refractivity contribution is 5.19. The van der Waals surface area contributed by atoms with Crippen LogP contribution in [-0.4, -0.2) is 22.9 Å². The van der Waals surface area contributed by atoms with E-state index in [1.165, 1.54) is 12.8 Å². The molecule has 0 radical (unpaired) electrons. The van der Waals surface area contributed by atoms with Crippen LogP contribution in [0.2, 0.25) is 0 Å². The van der Waals surface area contributed by atoms with Gasteiger partial charge in [-0.25, -0.2) is 0 Å². The average Bonchev–Trinajstić information content (AvgIpc) is 2.43. The van der Waals surface area contributed by atoms with E-state index in [-0.39, 0.29) is 11.5 Å². The van der Waals surface area contributed by atoms with Gasteiger partial charge in [-0.05, 0) is 67.6 Å². The molecule has 0 saturated heterocycles. The molecule has 0 aromatic heterocycles. The molecule has 22 heavy (non-hydrogen) atoms. The predicted octanol–water partition coefficient (Wildman–Crippen LogP) is 4.55. The monoisotopic (exact) mass is 308 g/mol. The van der Waals surface area contributed by atoms with Crippen molar-refractivity contribution in [3.05, 3.63) is 11.6 Å². The maximum atomic E-state index is 10.5. The van der Waals surface area contributed by atoms with Gasteiger partial charge in [0.2, 0.25) is 0 Å². The first-order valence-electron chi connectivity index (χ1n) is 9.19. The Morgan fingerprint density at radius 3 is 2.59 bits per heavy atom. The Labute approximate surface area is 137 Å². The Morgan fingerprint density at radius 2 is 1.95 bits per heavy atom. The number of hydrogen-bond acceptors (Lipinski definition) is 2. The van der Waals surface area contributed by atoms with Crippen LogP contribution in [0.5, 0.6) is 0 Å². The lowest BCUT2D eigenvalue weighted by Gasteiger charge is -2.58. The van der Waals surface area contributed by atoms with Crippen LogP contribution >= 0.6 is 0 Å². The summed E-state index contributed by atoms with van der Waals surface area (Å²) in [5, 5.41) is 19.6. The summed E-state index contributed by atoms with van der Waals surface area (Å²) in [6.45, 7) is 11.9. The molecule has 2 heteroatoms. The minimum atomic E-state index is -0.161. The van der Waals surface area contributed by atoms with E-state index in [0.29, 0.717) is 29.8 Å². The van der Waals surface area contributed by atoms with Crippen LogP contribution in [-0.2, 0) is 0 Å². The Balaban J connectivity index is 2.18. The quantitative estimate of drug-likeness (QED) is 0.731. The van der Waals surface area contributed by atoms with Gasteiger partial charge in [0.1, 0.15) is 0 Å². The molecule has 0 heterocycles. The lowest BCUT2D eigenvalue weighted by molar-refractivity contribution is -0.116. The SMILES string of the molecule is CC1=CCC2C(C)(C)[C@@H](O)CC[C@]2(C)C1CC[C@H](C)CCO. The van der Waals surface area contributed by atoms with Gasteiger partial charge in [0.15, 0.2) is 0 Å². The summed E-state index contributed by atoms with van der Waals surface area (Å²) in [4.78, 5) is 0. The van der Waals surface area contributed by atoms with E-state index in [2.05, 4.69) is 40.7 Å². The van der Waals surface area contributed by atoms with Gasteiger partial charge in [-0.1, -0.05) is 45.8 Å². The molecule has 2 aliphatic carbocycles. The van der Waals surface area contributed by atoms with Crippen molar-refractivity contribution >= 4 is 0 Å². The Bertz CT molecular complexity index is 412. The number of allylic oxidation sites excluding steroid dienone is 2. The molecular weight excluding hydrogens is 272 g/mol. The van der Waals surface area contributed by atoms with Crippen LogP contribution in [0.15, 0.2) is 11.6 Å². The maximum Gasteiger partial charge on any atom is 0.0594 e. The van der Waals surface area contributed by atoms with Crippen LogP contribution in [0.3, 0.4) is 0 Å². The van der Waals surface area contributed by atoms with E-state index in [0.717, 1.165) is 25.7 Å². The normalized spacial score (nSPS) is 39.0. The summed E-state index contributed by atoms with van der Waals surface area (Å²) in [6, 6.07) is 0. The molecule has 2 unspecified atom stereocenters. The molecular formula is C20H36O2. The molecule has 1 fully saturated rings.